The molecule has 7 heteroatoms. The highest BCUT2D eigenvalue weighted by Gasteiger charge is 2.24. The number of sulfonamides is 1. The van der Waals surface area contributed by atoms with Crippen molar-refractivity contribution in [1.29, 1.82) is 0 Å². The minimum Gasteiger partial charge on any atom is -0.375 e. The number of ether oxygens (including phenoxy) is 1. The van der Waals surface area contributed by atoms with Crippen LogP contribution in [0.2, 0.25) is 0 Å². The minimum absolute atomic E-state index is 0.00719. The van der Waals surface area contributed by atoms with E-state index in [9.17, 15) is 13.2 Å². The van der Waals surface area contributed by atoms with Crippen molar-refractivity contribution in [2.45, 2.75) is 24.8 Å². The van der Waals surface area contributed by atoms with Crippen LogP contribution in [0.3, 0.4) is 0 Å². The van der Waals surface area contributed by atoms with Crippen molar-refractivity contribution in [3.63, 3.8) is 0 Å². The summed E-state index contributed by atoms with van der Waals surface area (Å²) in [4.78, 5) is 14.4. The molecule has 1 heterocycles. The second kappa shape index (κ2) is 6.13. The average molecular weight is 312 g/mol. The lowest BCUT2D eigenvalue weighted by Crippen LogP contribution is -2.44. The lowest BCUT2D eigenvalue weighted by Gasteiger charge is -2.31. The van der Waals surface area contributed by atoms with Gasteiger partial charge in [-0.25, -0.2) is 13.1 Å². The van der Waals surface area contributed by atoms with E-state index < -0.39 is 10.0 Å². The summed E-state index contributed by atoms with van der Waals surface area (Å²) in [7, 11) is -2.21. The number of carbonyl (C=O) groups is 1. The van der Waals surface area contributed by atoms with Crippen molar-refractivity contribution in [2.24, 2.45) is 0 Å². The van der Waals surface area contributed by atoms with Gasteiger partial charge in [0.1, 0.15) is 0 Å². The second-order valence-electron chi connectivity index (χ2n) is 5.12. The molecular weight excluding hydrogens is 292 g/mol. The Kier molecular flexibility index (Phi) is 4.65. The van der Waals surface area contributed by atoms with E-state index in [1.54, 1.807) is 17.9 Å². The first-order valence-corrected chi connectivity index (χ1v) is 8.28. The van der Waals surface area contributed by atoms with Gasteiger partial charge in [-0.3, -0.25) is 4.79 Å². The lowest BCUT2D eigenvalue weighted by atomic mass is 10.1. The van der Waals surface area contributed by atoms with Crippen molar-refractivity contribution in [3.05, 3.63) is 29.3 Å². The molecule has 1 aromatic carbocycles. The maximum absolute atomic E-state index is 12.6. The fourth-order valence-corrected chi connectivity index (χ4v) is 3.05. The number of hydrogen-bond donors (Lipinski definition) is 1. The van der Waals surface area contributed by atoms with E-state index in [4.69, 9.17) is 4.74 Å². The van der Waals surface area contributed by atoms with Gasteiger partial charge in [-0.1, -0.05) is 6.07 Å². The molecule has 116 valence electrons. The number of aryl methyl sites for hydroxylation is 1. The fourth-order valence-electron chi connectivity index (χ4n) is 2.29. The van der Waals surface area contributed by atoms with Crippen molar-refractivity contribution >= 4 is 15.9 Å². The largest absolute Gasteiger partial charge is 0.375 e. The van der Waals surface area contributed by atoms with Gasteiger partial charge in [-0.05, 0) is 38.6 Å². The van der Waals surface area contributed by atoms with Crippen LogP contribution in [0.15, 0.2) is 23.1 Å². The first-order chi connectivity index (χ1) is 9.85. The number of amides is 1. The number of nitrogens with zero attached hydrogens (tertiary/aromatic N) is 1. The molecule has 1 saturated heterocycles. The SMILES string of the molecule is CNS(=O)(=O)c1ccc(C)c(C(=O)N2CCOC(C)C2)c1. The summed E-state index contributed by atoms with van der Waals surface area (Å²) in [6, 6.07) is 4.59. The van der Waals surface area contributed by atoms with Crippen LogP contribution in [0, 0.1) is 6.92 Å². The smallest absolute Gasteiger partial charge is 0.254 e. The third kappa shape index (κ3) is 3.42. The van der Waals surface area contributed by atoms with Crippen LogP contribution in [0.25, 0.3) is 0 Å². The van der Waals surface area contributed by atoms with Crippen LogP contribution in [0.1, 0.15) is 22.8 Å². The highest BCUT2D eigenvalue weighted by molar-refractivity contribution is 7.89. The zero-order valence-electron chi connectivity index (χ0n) is 12.4. The Morgan fingerprint density at radius 3 is 2.76 bits per heavy atom. The van der Waals surface area contributed by atoms with Gasteiger partial charge in [0.05, 0.1) is 17.6 Å². The Balaban J connectivity index is 2.34. The standard InChI is InChI=1S/C14H20N2O4S/c1-10-4-5-12(21(18,19)15-3)8-13(10)14(17)16-6-7-20-11(2)9-16/h4-5,8,11,15H,6-7,9H2,1-3H3. The molecule has 0 aliphatic carbocycles. The predicted molar refractivity (Wildman–Crippen MR) is 78.7 cm³/mol. The second-order valence-corrected chi connectivity index (χ2v) is 7.00. The zero-order chi connectivity index (χ0) is 15.6. The molecule has 1 unspecified atom stereocenters. The Morgan fingerprint density at radius 1 is 1.43 bits per heavy atom. The number of morpholine rings is 1. The molecule has 1 aromatic rings. The van der Waals surface area contributed by atoms with E-state index in [2.05, 4.69) is 4.72 Å². The summed E-state index contributed by atoms with van der Waals surface area (Å²) < 4.78 is 31.4. The number of hydrogen-bond acceptors (Lipinski definition) is 4. The van der Waals surface area contributed by atoms with Gasteiger partial charge in [0.25, 0.3) is 5.91 Å². The topological polar surface area (TPSA) is 75.7 Å². The van der Waals surface area contributed by atoms with Gasteiger partial charge in [0.15, 0.2) is 0 Å². The molecule has 0 radical (unpaired) electrons. The summed E-state index contributed by atoms with van der Waals surface area (Å²) in [6.45, 7) is 5.24. The molecule has 1 aliphatic heterocycles. The summed E-state index contributed by atoms with van der Waals surface area (Å²) in [6.07, 6.45) is -0.00719. The van der Waals surface area contributed by atoms with Crippen molar-refractivity contribution in [3.8, 4) is 0 Å². The van der Waals surface area contributed by atoms with Gasteiger partial charge in [-0.15, -0.1) is 0 Å². The Bertz CT molecular complexity index is 642. The van der Waals surface area contributed by atoms with Crippen LogP contribution in [0.4, 0.5) is 0 Å². The van der Waals surface area contributed by atoms with Crippen LogP contribution in [0.5, 0.6) is 0 Å². The van der Waals surface area contributed by atoms with Crippen LogP contribution in [-0.2, 0) is 14.8 Å². The monoisotopic (exact) mass is 312 g/mol. The molecule has 1 N–H and O–H groups in total. The van der Waals surface area contributed by atoms with Gasteiger partial charge in [0.2, 0.25) is 10.0 Å². The summed E-state index contributed by atoms with van der Waals surface area (Å²) >= 11 is 0. The van der Waals surface area contributed by atoms with Crippen LogP contribution >= 0.6 is 0 Å². The van der Waals surface area contributed by atoms with Gasteiger partial charge in [-0.2, -0.15) is 0 Å². The zero-order valence-corrected chi connectivity index (χ0v) is 13.2. The third-order valence-electron chi connectivity index (χ3n) is 3.55. The highest BCUT2D eigenvalue weighted by Crippen LogP contribution is 2.18. The van der Waals surface area contributed by atoms with Gasteiger partial charge < -0.3 is 9.64 Å². The van der Waals surface area contributed by atoms with Gasteiger partial charge >= 0.3 is 0 Å². The molecule has 0 saturated carbocycles. The molecule has 21 heavy (non-hydrogen) atoms. The molecule has 1 amide bonds. The van der Waals surface area contributed by atoms with E-state index in [0.717, 1.165) is 5.56 Å². The molecular formula is C14H20N2O4S. The quantitative estimate of drug-likeness (QED) is 0.894. The van der Waals surface area contributed by atoms with Crippen LogP contribution < -0.4 is 4.72 Å². The minimum atomic E-state index is -3.56. The van der Waals surface area contributed by atoms with Gasteiger partial charge in [0, 0.05) is 18.7 Å². The molecule has 0 aromatic heterocycles. The molecule has 2 rings (SSSR count). The van der Waals surface area contributed by atoms with Crippen molar-refractivity contribution in [2.75, 3.05) is 26.7 Å². The maximum Gasteiger partial charge on any atom is 0.254 e. The highest BCUT2D eigenvalue weighted by atomic mass is 32.2. The number of nitrogens with one attached hydrogen (secondary N) is 1. The molecule has 1 fully saturated rings. The molecule has 6 nitrogen and oxygen atoms in total. The van der Waals surface area contributed by atoms with E-state index >= 15 is 0 Å². The average Bonchev–Trinajstić information content (AvgIpc) is 2.47. The Hall–Kier alpha value is -1.44. The summed E-state index contributed by atoms with van der Waals surface area (Å²) in [5, 5.41) is 0. The Labute approximate surface area is 125 Å². The number of carbonyl (C=O) groups excluding carboxylic acids is 1. The van der Waals surface area contributed by atoms with E-state index in [1.807, 2.05) is 6.92 Å². The van der Waals surface area contributed by atoms with E-state index in [1.165, 1.54) is 19.2 Å². The summed E-state index contributed by atoms with van der Waals surface area (Å²) in [5.74, 6) is -0.157. The Morgan fingerprint density at radius 2 is 2.14 bits per heavy atom. The maximum atomic E-state index is 12.6. The first kappa shape index (κ1) is 15.9. The molecule has 0 spiro atoms. The molecule has 0 bridgehead atoms. The third-order valence-corrected chi connectivity index (χ3v) is 4.96. The lowest BCUT2D eigenvalue weighted by molar-refractivity contribution is -0.0124. The van der Waals surface area contributed by atoms with E-state index in [0.29, 0.717) is 25.3 Å². The first-order valence-electron chi connectivity index (χ1n) is 6.80. The fraction of sp³-hybridized carbons (Fsp3) is 0.500. The molecule has 1 aliphatic rings. The van der Waals surface area contributed by atoms with Crippen molar-refractivity contribution < 1.29 is 17.9 Å². The molecule has 1 atom stereocenters. The normalized spacial score (nSPS) is 19.6. The number of rotatable bonds is 3. The van der Waals surface area contributed by atoms with Crippen molar-refractivity contribution in [1.82, 2.24) is 9.62 Å². The predicted octanol–water partition coefficient (Wildman–Crippen LogP) is 0.764. The number of benzene rings is 1. The van der Waals surface area contributed by atoms with E-state index in [-0.39, 0.29) is 16.9 Å². The van der Waals surface area contributed by atoms with Crippen LogP contribution in [-0.4, -0.2) is 52.1 Å². The summed E-state index contributed by atoms with van der Waals surface area (Å²) in [5.41, 5.74) is 1.18.